The normalized spacial score (nSPS) is 15.8. The summed E-state index contributed by atoms with van der Waals surface area (Å²) in [6.07, 6.45) is 1.44. The molecule has 0 unspecified atom stereocenters. The first-order chi connectivity index (χ1) is 15.3. The molecular formula is C21H21Cl2FN4O3S. The number of benzene rings is 2. The van der Waals surface area contributed by atoms with Crippen molar-refractivity contribution in [1.29, 1.82) is 0 Å². The van der Waals surface area contributed by atoms with E-state index in [4.69, 9.17) is 27.7 Å². The average molecular weight is 499 g/mol. The number of piperazine rings is 1. The van der Waals surface area contributed by atoms with Crippen LogP contribution in [0.3, 0.4) is 0 Å². The lowest BCUT2D eigenvalue weighted by atomic mass is 10.2. The Bertz CT molecular complexity index is 1180. The Morgan fingerprint density at radius 1 is 1.03 bits per heavy atom. The van der Waals surface area contributed by atoms with E-state index in [1.54, 1.807) is 12.1 Å². The fourth-order valence-corrected chi connectivity index (χ4v) is 5.33. The molecule has 11 heteroatoms. The van der Waals surface area contributed by atoms with Crippen LogP contribution >= 0.6 is 23.2 Å². The number of sulfonamides is 1. The second-order valence-corrected chi connectivity index (χ2v) is 10.2. The van der Waals surface area contributed by atoms with Crippen LogP contribution in [0.1, 0.15) is 12.3 Å². The van der Waals surface area contributed by atoms with Gasteiger partial charge in [-0.3, -0.25) is 0 Å². The van der Waals surface area contributed by atoms with Crippen molar-refractivity contribution in [2.45, 2.75) is 17.7 Å². The molecule has 170 valence electrons. The zero-order chi connectivity index (χ0) is 22.7. The van der Waals surface area contributed by atoms with Crippen LogP contribution in [-0.2, 0) is 16.4 Å². The highest BCUT2D eigenvalue weighted by atomic mass is 35.5. The molecule has 0 radical (unpaired) electrons. The van der Waals surface area contributed by atoms with Crippen LogP contribution in [0.5, 0.6) is 0 Å². The van der Waals surface area contributed by atoms with Gasteiger partial charge in [-0.25, -0.2) is 12.8 Å². The molecule has 1 aromatic heterocycles. The van der Waals surface area contributed by atoms with Gasteiger partial charge in [0.15, 0.2) is 0 Å². The fourth-order valence-electron chi connectivity index (χ4n) is 3.51. The molecule has 2 aromatic carbocycles. The monoisotopic (exact) mass is 498 g/mol. The second-order valence-electron chi connectivity index (χ2n) is 7.44. The zero-order valence-electron chi connectivity index (χ0n) is 17.0. The van der Waals surface area contributed by atoms with E-state index >= 15 is 0 Å². The van der Waals surface area contributed by atoms with Crippen molar-refractivity contribution < 1.29 is 17.3 Å². The van der Waals surface area contributed by atoms with E-state index in [1.165, 1.54) is 10.4 Å². The Balaban J connectivity index is 1.26. The summed E-state index contributed by atoms with van der Waals surface area (Å²) >= 11 is 11.6. The molecule has 0 bridgehead atoms. The summed E-state index contributed by atoms with van der Waals surface area (Å²) in [6, 6.07) is 10.7. The minimum absolute atomic E-state index is 0.00485. The third-order valence-electron chi connectivity index (χ3n) is 5.30. The maximum Gasteiger partial charge on any atom is 0.243 e. The van der Waals surface area contributed by atoms with E-state index in [0.29, 0.717) is 49.3 Å². The smallest absolute Gasteiger partial charge is 0.243 e. The maximum absolute atomic E-state index is 13.4. The van der Waals surface area contributed by atoms with Crippen molar-refractivity contribution in [3.05, 3.63) is 64.2 Å². The molecule has 4 rings (SSSR count). The highest BCUT2D eigenvalue weighted by molar-refractivity contribution is 7.89. The van der Waals surface area contributed by atoms with Gasteiger partial charge in [-0.15, -0.1) is 0 Å². The molecule has 0 atom stereocenters. The first-order valence-corrected chi connectivity index (χ1v) is 12.3. The molecule has 7 nitrogen and oxygen atoms in total. The lowest BCUT2D eigenvalue weighted by Crippen LogP contribution is -2.48. The largest absolute Gasteiger partial charge is 0.339 e. The van der Waals surface area contributed by atoms with Gasteiger partial charge in [-0.2, -0.15) is 9.29 Å². The van der Waals surface area contributed by atoms with Crippen LogP contribution in [0.2, 0.25) is 10.0 Å². The third kappa shape index (κ3) is 5.29. The molecule has 2 heterocycles. The quantitative estimate of drug-likeness (QED) is 0.487. The molecule has 0 saturated carbocycles. The minimum Gasteiger partial charge on any atom is -0.339 e. The summed E-state index contributed by atoms with van der Waals surface area (Å²) in [7, 11) is -3.70. The molecule has 0 spiro atoms. The van der Waals surface area contributed by atoms with Gasteiger partial charge < -0.3 is 9.42 Å². The van der Waals surface area contributed by atoms with Gasteiger partial charge in [0.05, 0.1) is 9.92 Å². The number of rotatable bonds is 7. The number of hydrogen-bond donors (Lipinski definition) is 0. The summed E-state index contributed by atoms with van der Waals surface area (Å²) in [5, 5.41) is 4.45. The van der Waals surface area contributed by atoms with E-state index in [2.05, 4.69) is 15.0 Å². The number of aromatic nitrogens is 2. The summed E-state index contributed by atoms with van der Waals surface area (Å²) in [4.78, 5) is 6.62. The first-order valence-electron chi connectivity index (χ1n) is 10.1. The Morgan fingerprint density at radius 3 is 2.44 bits per heavy atom. The van der Waals surface area contributed by atoms with E-state index in [1.807, 2.05) is 12.1 Å². The third-order valence-corrected chi connectivity index (χ3v) is 7.73. The van der Waals surface area contributed by atoms with Crippen molar-refractivity contribution in [2.75, 3.05) is 32.7 Å². The molecule has 32 heavy (non-hydrogen) atoms. The lowest BCUT2D eigenvalue weighted by Gasteiger charge is -2.33. The fraction of sp³-hybridized carbons (Fsp3) is 0.333. The molecule has 1 aliphatic rings. The van der Waals surface area contributed by atoms with Crippen molar-refractivity contribution in [1.82, 2.24) is 19.3 Å². The number of halogens is 3. The van der Waals surface area contributed by atoms with Gasteiger partial charge in [0.1, 0.15) is 5.82 Å². The molecule has 0 amide bonds. The molecule has 0 aliphatic carbocycles. The first kappa shape index (κ1) is 23.1. The van der Waals surface area contributed by atoms with Crippen molar-refractivity contribution in [3.63, 3.8) is 0 Å². The van der Waals surface area contributed by atoms with Crippen LogP contribution in [0.4, 0.5) is 4.39 Å². The molecule has 1 saturated heterocycles. The van der Waals surface area contributed by atoms with Crippen molar-refractivity contribution in [2.24, 2.45) is 0 Å². The topological polar surface area (TPSA) is 79.5 Å². The molecule has 0 N–H and O–H groups in total. The van der Waals surface area contributed by atoms with Gasteiger partial charge in [-0.05, 0) is 55.4 Å². The van der Waals surface area contributed by atoms with E-state index in [0.717, 1.165) is 30.7 Å². The number of hydrogen-bond acceptors (Lipinski definition) is 6. The van der Waals surface area contributed by atoms with E-state index < -0.39 is 15.8 Å². The van der Waals surface area contributed by atoms with E-state index in [9.17, 15) is 12.8 Å². The van der Waals surface area contributed by atoms with Gasteiger partial charge in [-0.1, -0.05) is 28.4 Å². The number of aryl methyl sites for hydroxylation is 1. The summed E-state index contributed by atoms with van der Waals surface area (Å²) in [5.74, 6) is 0.442. The lowest BCUT2D eigenvalue weighted by molar-refractivity contribution is 0.185. The Morgan fingerprint density at radius 2 is 1.75 bits per heavy atom. The van der Waals surface area contributed by atoms with Gasteiger partial charge in [0.25, 0.3) is 0 Å². The summed E-state index contributed by atoms with van der Waals surface area (Å²) < 4.78 is 45.7. The van der Waals surface area contributed by atoms with Crippen LogP contribution in [0, 0.1) is 5.82 Å². The molecule has 1 fully saturated rings. The van der Waals surface area contributed by atoms with Crippen molar-refractivity contribution in [3.8, 4) is 11.4 Å². The molecule has 3 aromatic rings. The highest BCUT2D eigenvalue weighted by Gasteiger charge is 2.28. The maximum atomic E-state index is 13.4. The summed E-state index contributed by atoms with van der Waals surface area (Å²) in [6.45, 7) is 2.72. The highest BCUT2D eigenvalue weighted by Crippen LogP contribution is 2.23. The van der Waals surface area contributed by atoms with Crippen LogP contribution in [-0.4, -0.2) is 60.5 Å². The summed E-state index contributed by atoms with van der Waals surface area (Å²) in [5.41, 5.74) is 0.837. The predicted octanol–water partition coefficient (Wildman–Crippen LogP) is 4.12. The van der Waals surface area contributed by atoms with Crippen LogP contribution in [0.25, 0.3) is 11.4 Å². The van der Waals surface area contributed by atoms with Gasteiger partial charge in [0.2, 0.25) is 21.7 Å². The Kier molecular flexibility index (Phi) is 7.11. The predicted molar refractivity (Wildman–Crippen MR) is 120 cm³/mol. The average Bonchev–Trinajstić information content (AvgIpc) is 3.25. The zero-order valence-corrected chi connectivity index (χ0v) is 19.4. The van der Waals surface area contributed by atoms with Crippen LogP contribution < -0.4 is 0 Å². The molecular weight excluding hydrogens is 478 g/mol. The second kappa shape index (κ2) is 9.84. The van der Waals surface area contributed by atoms with Crippen molar-refractivity contribution >= 4 is 33.2 Å². The van der Waals surface area contributed by atoms with E-state index in [-0.39, 0.29) is 9.92 Å². The number of nitrogens with zero attached hydrogens (tertiary/aromatic N) is 4. The van der Waals surface area contributed by atoms with Crippen LogP contribution in [0.15, 0.2) is 51.9 Å². The minimum atomic E-state index is -3.70. The Hall–Kier alpha value is -2.04. The molecule has 1 aliphatic heterocycles. The van der Waals surface area contributed by atoms with Gasteiger partial charge >= 0.3 is 0 Å². The SMILES string of the molecule is O=S(=O)(c1ccc(F)c(Cl)c1)N1CCN(CCCc2nc(-c3ccc(Cl)cc3)no2)CC1. The standard InChI is InChI=1S/C21H21Cl2FN4O3S/c22-16-5-3-15(4-6-16)21-25-20(31-26-21)2-1-9-27-10-12-28(13-11-27)32(29,30)17-7-8-19(24)18(23)14-17/h3-8,14H,1-2,9-13H2. The Labute approximate surface area is 195 Å². The van der Waals surface area contributed by atoms with Gasteiger partial charge in [0, 0.05) is 43.2 Å².